The van der Waals surface area contributed by atoms with Gasteiger partial charge in [0.1, 0.15) is 10.5 Å². The third-order valence-corrected chi connectivity index (χ3v) is 6.25. The van der Waals surface area contributed by atoms with Crippen molar-refractivity contribution in [3.05, 3.63) is 33.1 Å². The summed E-state index contributed by atoms with van der Waals surface area (Å²) in [6, 6.07) is 1.20. The van der Waals surface area contributed by atoms with E-state index in [-0.39, 0.29) is 22.0 Å². The molecule has 136 valence electrons. The van der Waals surface area contributed by atoms with Crippen LogP contribution in [0.4, 0.5) is 0 Å². The van der Waals surface area contributed by atoms with Crippen molar-refractivity contribution in [1.29, 1.82) is 0 Å². The Labute approximate surface area is 144 Å². The predicted molar refractivity (Wildman–Crippen MR) is 93.1 cm³/mol. The first-order chi connectivity index (χ1) is 11.9. The molecule has 25 heavy (non-hydrogen) atoms. The molecule has 0 unspecified atom stereocenters. The van der Waals surface area contributed by atoms with Gasteiger partial charge in [0.05, 0.1) is 5.39 Å². The summed E-state index contributed by atoms with van der Waals surface area (Å²) in [4.78, 5) is 31.6. The smallest absolute Gasteiger partial charge is 0.317 e. The third kappa shape index (κ3) is 3.51. The summed E-state index contributed by atoms with van der Waals surface area (Å²) in [6.07, 6.45) is 3.37. The number of nitrogens with one attached hydrogen (secondary N) is 3. The average Bonchev–Trinajstić information content (AvgIpc) is 2.59. The van der Waals surface area contributed by atoms with Gasteiger partial charge in [0.15, 0.2) is 0 Å². The number of H-pyrrole nitrogens is 2. The minimum absolute atomic E-state index is 0.0375. The second kappa shape index (κ2) is 7.06. The number of rotatable bonds is 5. The number of sulfonamides is 1. The molecule has 1 fully saturated rings. The predicted octanol–water partition coefficient (Wildman–Crippen LogP) is -0.236. The van der Waals surface area contributed by atoms with E-state index in [1.807, 2.05) is 6.92 Å². The first kappa shape index (κ1) is 17.8. The lowest BCUT2D eigenvalue weighted by Crippen LogP contribution is -2.46. The highest BCUT2D eigenvalue weighted by Gasteiger charge is 2.32. The maximum absolute atomic E-state index is 13.1. The molecule has 1 saturated heterocycles. The number of aromatic nitrogens is 3. The van der Waals surface area contributed by atoms with Gasteiger partial charge in [-0.3, -0.25) is 14.8 Å². The summed E-state index contributed by atoms with van der Waals surface area (Å²) in [5, 5.41) is 3.27. The van der Waals surface area contributed by atoms with Crippen LogP contribution in [0.15, 0.2) is 26.7 Å². The highest BCUT2D eigenvalue weighted by Crippen LogP contribution is 2.23. The SMILES string of the molecule is CCCN(C1CCNCC1)S(=O)(=O)c1cnc2[nH]c(=O)[nH]c(=O)c2c1. The van der Waals surface area contributed by atoms with E-state index in [1.54, 1.807) is 0 Å². The van der Waals surface area contributed by atoms with Gasteiger partial charge in [0.25, 0.3) is 5.56 Å². The lowest BCUT2D eigenvalue weighted by Gasteiger charge is -2.33. The van der Waals surface area contributed by atoms with Crippen molar-refractivity contribution < 1.29 is 8.42 Å². The molecule has 0 aromatic carbocycles. The molecule has 1 aliphatic heterocycles. The molecule has 0 spiro atoms. The van der Waals surface area contributed by atoms with Gasteiger partial charge >= 0.3 is 5.69 Å². The second-order valence-electron chi connectivity index (χ2n) is 6.07. The van der Waals surface area contributed by atoms with Crippen LogP contribution in [0.2, 0.25) is 0 Å². The molecule has 0 radical (unpaired) electrons. The van der Waals surface area contributed by atoms with Gasteiger partial charge in [-0.25, -0.2) is 18.2 Å². The van der Waals surface area contributed by atoms with E-state index < -0.39 is 21.3 Å². The molecule has 3 heterocycles. The summed E-state index contributed by atoms with van der Waals surface area (Å²) in [6.45, 7) is 3.89. The standard InChI is InChI=1S/C15H21N5O4S/c1-2-7-20(10-3-5-16-6-4-10)25(23,24)11-8-12-13(17-9-11)18-15(22)19-14(12)21/h8-10,16H,2-7H2,1H3,(H2,17,18,19,21,22). The van der Waals surface area contributed by atoms with Crippen molar-refractivity contribution in [1.82, 2.24) is 24.6 Å². The zero-order valence-electron chi connectivity index (χ0n) is 13.9. The number of piperidine rings is 1. The van der Waals surface area contributed by atoms with Crippen molar-refractivity contribution >= 4 is 21.1 Å². The quantitative estimate of drug-likeness (QED) is 0.669. The van der Waals surface area contributed by atoms with E-state index in [9.17, 15) is 18.0 Å². The third-order valence-electron chi connectivity index (χ3n) is 4.33. The molecular weight excluding hydrogens is 346 g/mol. The van der Waals surface area contributed by atoms with Gasteiger partial charge in [-0.1, -0.05) is 6.92 Å². The number of pyridine rings is 1. The first-order valence-corrected chi connectivity index (χ1v) is 9.72. The minimum atomic E-state index is -3.78. The minimum Gasteiger partial charge on any atom is -0.317 e. The molecule has 2 aromatic rings. The second-order valence-corrected chi connectivity index (χ2v) is 7.96. The zero-order valence-corrected chi connectivity index (χ0v) is 14.7. The van der Waals surface area contributed by atoms with Crippen molar-refractivity contribution in [2.24, 2.45) is 0 Å². The fraction of sp³-hybridized carbons (Fsp3) is 0.533. The Morgan fingerprint density at radius 3 is 2.64 bits per heavy atom. The van der Waals surface area contributed by atoms with E-state index >= 15 is 0 Å². The van der Waals surface area contributed by atoms with E-state index in [0.29, 0.717) is 13.0 Å². The first-order valence-electron chi connectivity index (χ1n) is 8.28. The monoisotopic (exact) mass is 367 g/mol. The summed E-state index contributed by atoms with van der Waals surface area (Å²) in [5.41, 5.74) is -1.27. The summed E-state index contributed by atoms with van der Waals surface area (Å²) < 4.78 is 27.8. The Hall–Kier alpha value is -2.04. The van der Waals surface area contributed by atoms with Crippen LogP contribution in [0.25, 0.3) is 11.0 Å². The van der Waals surface area contributed by atoms with E-state index in [1.165, 1.54) is 16.6 Å². The topological polar surface area (TPSA) is 128 Å². The normalized spacial score (nSPS) is 16.6. The maximum atomic E-state index is 13.1. The van der Waals surface area contributed by atoms with E-state index in [0.717, 1.165) is 25.9 Å². The van der Waals surface area contributed by atoms with Gasteiger partial charge < -0.3 is 5.32 Å². The van der Waals surface area contributed by atoms with Gasteiger partial charge in [0, 0.05) is 18.8 Å². The van der Waals surface area contributed by atoms with E-state index in [4.69, 9.17) is 0 Å². The Balaban J connectivity index is 2.06. The van der Waals surface area contributed by atoms with Crippen LogP contribution >= 0.6 is 0 Å². The number of hydrogen-bond acceptors (Lipinski definition) is 6. The van der Waals surface area contributed by atoms with Crippen molar-refractivity contribution in [3.63, 3.8) is 0 Å². The largest absolute Gasteiger partial charge is 0.327 e. The molecular formula is C15H21N5O4S. The Bertz CT molecular complexity index is 975. The number of hydrogen-bond donors (Lipinski definition) is 3. The zero-order chi connectivity index (χ0) is 18.0. The number of aromatic amines is 2. The maximum Gasteiger partial charge on any atom is 0.327 e. The number of fused-ring (bicyclic) bond motifs is 1. The van der Waals surface area contributed by atoms with Gasteiger partial charge in [0.2, 0.25) is 10.0 Å². The van der Waals surface area contributed by atoms with Gasteiger partial charge in [-0.2, -0.15) is 4.31 Å². The fourth-order valence-electron chi connectivity index (χ4n) is 3.12. The fourth-order valence-corrected chi connectivity index (χ4v) is 4.87. The van der Waals surface area contributed by atoms with Gasteiger partial charge in [-0.15, -0.1) is 0 Å². The van der Waals surface area contributed by atoms with Crippen molar-refractivity contribution in [3.8, 4) is 0 Å². The molecule has 0 bridgehead atoms. The van der Waals surface area contributed by atoms with Crippen LogP contribution in [0, 0.1) is 0 Å². The summed E-state index contributed by atoms with van der Waals surface area (Å²) in [7, 11) is -3.78. The number of nitrogens with zero attached hydrogens (tertiary/aromatic N) is 2. The Morgan fingerprint density at radius 1 is 1.24 bits per heavy atom. The molecule has 2 aromatic heterocycles. The van der Waals surface area contributed by atoms with Crippen LogP contribution < -0.4 is 16.6 Å². The molecule has 3 rings (SSSR count). The van der Waals surface area contributed by atoms with Crippen LogP contribution in [0.3, 0.4) is 0 Å². The summed E-state index contributed by atoms with van der Waals surface area (Å²) >= 11 is 0. The molecule has 0 amide bonds. The lowest BCUT2D eigenvalue weighted by molar-refractivity contribution is 0.262. The Kier molecular flexibility index (Phi) is 5.02. The summed E-state index contributed by atoms with van der Waals surface area (Å²) in [5.74, 6) is 0. The average molecular weight is 367 g/mol. The molecule has 1 aliphatic rings. The van der Waals surface area contributed by atoms with Gasteiger partial charge in [-0.05, 0) is 38.4 Å². The van der Waals surface area contributed by atoms with Crippen LogP contribution in [-0.2, 0) is 10.0 Å². The Morgan fingerprint density at radius 2 is 1.96 bits per heavy atom. The molecule has 3 N–H and O–H groups in total. The van der Waals surface area contributed by atoms with Crippen LogP contribution in [0.1, 0.15) is 26.2 Å². The van der Waals surface area contributed by atoms with Crippen molar-refractivity contribution in [2.75, 3.05) is 19.6 Å². The van der Waals surface area contributed by atoms with E-state index in [2.05, 4.69) is 20.3 Å². The molecule has 0 saturated carbocycles. The molecule has 10 heteroatoms. The lowest BCUT2D eigenvalue weighted by atomic mass is 10.1. The highest BCUT2D eigenvalue weighted by molar-refractivity contribution is 7.89. The van der Waals surface area contributed by atoms with Crippen LogP contribution in [0.5, 0.6) is 0 Å². The van der Waals surface area contributed by atoms with Crippen molar-refractivity contribution in [2.45, 2.75) is 37.1 Å². The molecule has 0 atom stereocenters. The molecule has 9 nitrogen and oxygen atoms in total. The molecule has 0 aliphatic carbocycles. The highest BCUT2D eigenvalue weighted by atomic mass is 32.2. The van der Waals surface area contributed by atoms with Crippen LogP contribution in [-0.4, -0.2) is 53.4 Å².